The number of nitrogens with one attached hydrogen (secondary N) is 2. The average molecular weight is 346 g/mol. The van der Waals surface area contributed by atoms with E-state index < -0.39 is 18.1 Å². The fraction of sp³-hybridized carbons (Fsp3) is 0.769. The summed E-state index contributed by atoms with van der Waals surface area (Å²) in [7, 11) is 0. The van der Waals surface area contributed by atoms with Crippen LogP contribution in [0.1, 0.15) is 33.6 Å². The minimum Gasteiger partial charge on any atom is -0.412 e. The van der Waals surface area contributed by atoms with Crippen LogP contribution in [-0.4, -0.2) is 79.4 Å². The molecule has 0 saturated carbocycles. The molecule has 0 aromatic heterocycles. The first kappa shape index (κ1) is 24.1. The van der Waals surface area contributed by atoms with Gasteiger partial charge in [-0.3, -0.25) is 14.4 Å². The predicted octanol–water partition coefficient (Wildman–Crippen LogP) is -3.19. The molecule has 0 bridgehead atoms. The summed E-state index contributed by atoms with van der Waals surface area (Å²) in [5, 5.41) is 5.36. The van der Waals surface area contributed by atoms with Gasteiger partial charge in [0.1, 0.15) is 12.1 Å². The highest BCUT2D eigenvalue weighted by Crippen LogP contribution is 2.18. The van der Waals surface area contributed by atoms with Gasteiger partial charge in [0.05, 0.1) is 6.04 Å². The van der Waals surface area contributed by atoms with E-state index in [-0.39, 0.29) is 33.6 Å². The Bertz CT molecular complexity index is 419. The van der Waals surface area contributed by atoms with Gasteiger partial charge in [-0.25, -0.2) is 0 Å². The maximum Gasteiger partial charge on any atom is 0.245 e. The van der Waals surface area contributed by atoms with Gasteiger partial charge in [0.15, 0.2) is 16.3 Å². The smallest absolute Gasteiger partial charge is 0.245 e. The fourth-order valence-corrected chi connectivity index (χ4v) is 2.44. The number of likely N-dealkylation sites (tertiary alicyclic amines) is 1. The van der Waals surface area contributed by atoms with Crippen molar-refractivity contribution < 1.29 is 25.3 Å². The van der Waals surface area contributed by atoms with Crippen molar-refractivity contribution >= 4 is 34.0 Å². The zero-order valence-corrected chi connectivity index (χ0v) is 14.9. The second-order valence-corrected chi connectivity index (χ2v) is 6.51. The number of nitrogens with two attached hydrogens (primary N) is 1. The largest absolute Gasteiger partial charge is 0.412 e. The molecule has 1 heterocycles. The van der Waals surface area contributed by atoms with E-state index in [2.05, 4.69) is 26.9 Å². The molecular formula is C13H27AlN4O5. The molecule has 23 heavy (non-hydrogen) atoms. The molecule has 9 nitrogen and oxygen atoms in total. The summed E-state index contributed by atoms with van der Waals surface area (Å²) >= 11 is 2.49. The molecule has 1 aliphatic heterocycles. The number of rotatable bonds is 5. The number of amides is 3. The molecule has 1 fully saturated rings. The lowest BCUT2D eigenvalue weighted by Crippen LogP contribution is -2.54. The van der Waals surface area contributed by atoms with Crippen LogP contribution >= 0.6 is 0 Å². The van der Waals surface area contributed by atoms with Crippen LogP contribution in [0.2, 0.25) is 0 Å². The van der Waals surface area contributed by atoms with Gasteiger partial charge in [0.2, 0.25) is 17.7 Å². The van der Waals surface area contributed by atoms with E-state index in [1.807, 2.05) is 6.92 Å². The summed E-state index contributed by atoms with van der Waals surface area (Å²) < 4.78 is 0. The van der Waals surface area contributed by atoms with Crippen molar-refractivity contribution in [1.82, 2.24) is 15.5 Å². The monoisotopic (exact) mass is 346 g/mol. The second-order valence-electron chi connectivity index (χ2n) is 5.51. The van der Waals surface area contributed by atoms with E-state index in [4.69, 9.17) is 5.73 Å². The summed E-state index contributed by atoms with van der Waals surface area (Å²) in [6.45, 7) is 5.53. The third-order valence-corrected chi connectivity index (χ3v) is 3.52. The van der Waals surface area contributed by atoms with Gasteiger partial charge in [0, 0.05) is 6.54 Å². The first-order valence-electron chi connectivity index (χ1n) is 7.16. The van der Waals surface area contributed by atoms with Crippen LogP contribution in [0.25, 0.3) is 0 Å². The molecule has 4 atom stereocenters. The summed E-state index contributed by atoms with van der Waals surface area (Å²) in [5.41, 5.74) is 5.46. The van der Waals surface area contributed by atoms with Crippen molar-refractivity contribution in [2.45, 2.75) is 56.6 Å². The summed E-state index contributed by atoms with van der Waals surface area (Å²) in [5.74, 6) is -0.790. The topological polar surface area (TPSA) is 168 Å². The van der Waals surface area contributed by atoms with E-state index >= 15 is 0 Å². The normalized spacial score (nSPS) is 20.3. The lowest BCUT2D eigenvalue weighted by Gasteiger charge is -2.28. The summed E-state index contributed by atoms with van der Waals surface area (Å²) in [6, 6.07) is -1.82. The van der Waals surface area contributed by atoms with Crippen LogP contribution in [0, 0.1) is 0 Å². The molecule has 1 saturated heterocycles. The minimum atomic E-state index is -0.690. The minimum absolute atomic E-state index is 0. The number of carbonyl (C=O) groups excluding carboxylic acids is 3. The molecule has 0 aromatic rings. The lowest BCUT2D eigenvalue weighted by atomic mass is 10.2. The molecular weight excluding hydrogens is 319 g/mol. The zero-order valence-electron chi connectivity index (χ0n) is 13.8. The van der Waals surface area contributed by atoms with Gasteiger partial charge in [0.25, 0.3) is 0 Å². The maximum absolute atomic E-state index is 12.4. The van der Waals surface area contributed by atoms with Gasteiger partial charge < -0.3 is 32.2 Å². The van der Waals surface area contributed by atoms with Crippen molar-refractivity contribution in [2.75, 3.05) is 6.54 Å². The van der Waals surface area contributed by atoms with E-state index in [1.165, 1.54) is 4.90 Å². The first-order chi connectivity index (χ1) is 9.73. The van der Waals surface area contributed by atoms with Gasteiger partial charge in [-0.1, -0.05) is 6.92 Å². The van der Waals surface area contributed by atoms with Crippen LogP contribution < -0.4 is 16.4 Å². The maximum atomic E-state index is 12.4. The highest BCUT2D eigenvalue weighted by atomic mass is 27.0. The molecule has 1 aliphatic rings. The van der Waals surface area contributed by atoms with Crippen LogP contribution in [0.3, 0.4) is 0 Å². The predicted molar refractivity (Wildman–Crippen MR) is 86.6 cm³/mol. The lowest BCUT2D eigenvalue weighted by molar-refractivity contribution is -0.141. The quantitative estimate of drug-likeness (QED) is 0.446. The second kappa shape index (κ2) is 10.6. The van der Waals surface area contributed by atoms with Gasteiger partial charge in [-0.2, -0.15) is 0 Å². The molecule has 0 aromatic carbocycles. The van der Waals surface area contributed by atoms with Crippen LogP contribution in [0.4, 0.5) is 0 Å². The van der Waals surface area contributed by atoms with E-state index in [0.29, 0.717) is 13.0 Å². The van der Waals surface area contributed by atoms with Crippen molar-refractivity contribution in [3.05, 3.63) is 0 Å². The molecule has 0 unspecified atom stereocenters. The van der Waals surface area contributed by atoms with E-state index in [1.54, 1.807) is 13.8 Å². The zero-order chi connectivity index (χ0) is 16.2. The Morgan fingerprint density at radius 3 is 2.22 bits per heavy atom. The molecule has 1 rings (SSSR count). The van der Waals surface area contributed by atoms with E-state index in [9.17, 15) is 14.4 Å². The van der Waals surface area contributed by atoms with Crippen molar-refractivity contribution in [2.24, 2.45) is 5.73 Å². The number of nitrogens with zero attached hydrogens (tertiary/aromatic N) is 1. The molecule has 0 aliphatic carbocycles. The molecule has 3 amide bonds. The van der Waals surface area contributed by atoms with Crippen molar-refractivity contribution in [3.63, 3.8) is 0 Å². The molecule has 8 N–H and O–H groups in total. The Morgan fingerprint density at radius 1 is 1.17 bits per heavy atom. The Labute approximate surface area is 144 Å². The summed E-state index contributed by atoms with van der Waals surface area (Å²) in [6.07, 6.45) is 1.42. The van der Waals surface area contributed by atoms with Gasteiger partial charge in [-0.05, 0) is 31.6 Å². The highest BCUT2D eigenvalue weighted by molar-refractivity contribution is 6.13. The van der Waals surface area contributed by atoms with Gasteiger partial charge in [-0.15, -0.1) is 0 Å². The van der Waals surface area contributed by atoms with Crippen LogP contribution in [0.5, 0.6) is 0 Å². The number of hydrogen-bond acceptors (Lipinski definition) is 4. The van der Waals surface area contributed by atoms with Crippen molar-refractivity contribution in [3.8, 4) is 0 Å². The molecule has 0 spiro atoms. The fourth-order valence-electron chi connectivity index (χ4n) is 2.28. The van der Waals surface area contributed by atoms with Gasteiger partial charge >= 0.3 is 0 Å². The standard InChI is InChI=1S/C13H23N4O3.Al.2H2O/c1-4-15-12(19)10-6-5-7-17(10)13(20)9(3)16-11(18)8(2)14;;;/h4,8-10H,5-7,14H2,1-3H3,(H,15,19)(H,16,18);;2*1H2/t8-,9-,10-;;;/m0.../s1. The molecule has 2 radical (unpaired) electrons. The van der Waals surface area contributed by atoms with Crippen LogP contribution in [-0.2, 0) is 14.4 Å². The van der Waals surface area contributed by atoms with Crippen LogP contribution in [0.15, 0.2) is 0 Å². The molecule has 132 valence electrons. The third kappa shape index (κ3) is 6.85. The van der Waals surface area contributed by atoms with E-state index in [0.717, 1.165) is 6.42 Å². The first-order valence-corrected chi connectivity index (χ1v) is 7.83. The Balaban J connectivity index is 0. The Hall–Kier alpha value is -1.18. The highest BCUT2D eigenvalue weighted by Gasteiger charge is 2.36. The third-order valence-electron chi connectivity index (χ3n) is 3.35. The number of carbonyl (C=O) groups is 3. The Morgan fingerprint density at radius 2 is 1.74 bits per heavy atom. The number of hydrogen-bond donors (Lipinski definition) is 3. The van der Waals surface area contributed by atoms with Crippen molar-refractivity contribution in [1.29, 1.82) is 0 Å². The average Bonchev–Trinajstić information content (AvgIpc) is 2.85. The summed E-state index contributed by atoms with van der Waals surface area (Å²) in [4.78, 5) is 37.5. The Kier molecular flexibility index (Phi) is 11.1. The molecule has 10 heteroatoms. The SMILES string of the molecule is C[C@H](N)C(=O)N[C@@H](C)C(=O)N1CCC[C@H]1C(=O)N[C@@H](C)[Al].O.O.